The summed E-state index contributed by atoms with van der Waals surface area (Å²) in [6.07, 6.45) is 0.559. The van der Waals surface area contributed by atoms with Crippen LogP contribution in [0.3, 0.4) is 0 Å². The molecule has 2 rings (SSSR count). The molecule has 1 N–H and O–H groups in total. The van der Waals surface area contributed by atoms with Gasteiger partial charge in [0.1, 0.15) is 5.52 Å². The van der Waals surface area contributed by atoms with Crippen LogP contribution < -0.4 is 0 Å². The molecule has 0 bridgehead atoms. The molecule has 0 amide bonds. The number of aliphatic carboxylic acids is 1. The van der Waals surface area contributed by atoms with E-state index < -0.39 is 5.97 Å². The Hall–Kier alpha value is -1.55. The molecule has 1 heterocycles. The monoisotopic (exact) mass is 238 g/mol. The molecule has 5 heteroatoms. The Kier molecular flexibility index (Phi) is 2.83. The average Bonchev–Trinajstić information content (AvgIpc) is 2.53. The van der Waals surface area contributed by atoms with E-state index in [0.717, 1.165) is 16.6 Å². The highest BCUT2D eigenvalue weighted by Gasteiger charge is 2.11. The summed E-state index contributed by atoms with van der Waals surface area (Å²) in [6.45, 7) is 0. The number of nitrogens with zero attached hydrogens (tertiary/aromatic N) is 2. The largest absolute Gasteiger partial charge is 0.481 e. The number of hydrogen-bond acceptors (Lipinski definition) is 2. The maximum atomic E-state index is 10.6. The molecule has 0 atom stereocenters. The second kappa shape index (κ2) is 4.14. The predicted octanol–water partition coefficient (Wildman–Crippen LogP) is 2.24. The van der Waals surface area contributed by atoms with Crippen molar-refractivity contribution in [2.24, 2.45) is 7.05 Å². The third-order valence-corrected chi connectivity index (χ3v) is 2.82. The standard InChI is InChI=1S/C11H11ClN2O2/c1-14-9(5-6-10(15)16)7-3-2-4-8(12)11(7)13-14/h2-4H,5-6H2,1H3,(H,15,16). The van der Waals surface area contributed by atoms with E-state index in [1.54, 1.807) is 17.8 Å². The number of aryl methyl sites for hydroxylation is 2. The zero-order chi connectivity index (χ0) is 11.7. The fourth-order valence-corrected chi connectivity index (χ4v) is 1.97. The van der Waals surface area contributed by atoms with Gasteiger partial charge in [0.15, 0.2) is 0 Å². The van der Waals surface area contributed by atoms with Crippen LogP contribution >= 0.6 is 11.6 Å². The Balaban J connectivity index is 2.48. The molecule has 2 aromatic rings. The van der Waals surface area contributed by atoms with E-state index in [9.17, 15) is 4.79 Å². The SMILES string of the molecule is Cn1nc2c(Cl)cccc2c1CCC(=O)O. The van der Waals surface area contributed by atoms with Gasteiger partial charge in [-0.15, -0.1) is 0 Å². The van der Waals surface area contributed by atoms with Crippen LogP contribution in [0.1, 0.15) is 12.1 Å². The van der Waals surface area contributed by atoms with E-state index in [0.29, 0.717) is 11.4 Å². The first kappa shape index (κ1) is 11.0. The van der Waals surface area contributed by atoms with Gasteiger partial charge in [-0.1, -0.05) is 23.7 Å². The van der Waals surface area contributed by atoms with Crippen molar-refractivity contribution in [1.29, 1.82) is 0 Å². The molecule has 16 heavy (non-hydrogen) atoms. The molecule has 0 unspecified atom stereocenters. The summed E-state index contributed by atoms with van der Waals surface area (Å²) in [5.74, 6) is -0.809. The van der Waals surface area contributed by atoms with Crippen molar-refractivity contribution in [3.8, 4) is 0 Å². The minimum Gasteiger partial charge on any atom is -0.481 e. The first-order chi connectivity index (χ1) is 7.59. The summed E-state index contributed by atoms with van der Waals surface area (Å²) in [6, 6.07) is 5.53. The Bertz CT molecular complexity index is 548. The average molecular weight is 239 g/mol. The molecule has 0 aliphatic rings. The number of carboxylic acids is 1. The third kappa shape index (κ3) is 1.88. The van der Waals surface area contributed by atoms with Crippen LogP contribution in [-0.2, 0) is 18.3 Å². The van der Waals surface area contributed by atoms with Crippen LogP contribution in [-0.4, -0.2) is 20.9 Å². The second-order valence-corrected chi connectivity index (χ2v) is 4.01. The number of hydrogen-bond donors (Lipinski definition) is 1. The van der Waals surface area contributed by atoms with Crippen molar-refractivity contribution in [3.63, 3.8) is 0 Å². The van der Waals surface area contributed by atoms with Gasteiger partial charge in [-0.2, -0.15) is 5.10 Å². The summed E-state index contributed by atoms with van der Waals surface area (Å²) in [5.41, 5.74) is 1.63. The first-order valence-corrected chi connectivity index (χ1v) is 5.29. The molecule has 0 aliphatic heterocycles. The van der Waals surface area contributed by atoms with Crippen molar-refractivity contribution in [1.82, 2.24) is 9.78 Å². The topological polar surface area (TPSA) is 55.1 Å². The van der Waals surface area contributed by atoms with Gasteiger partial charge >= 0.3 is 5.97 Å². The van der Waals surface area contributed by atoms with Crippen molar-refractivity contribution in [3.05, 3.63) is 28.9 Å². The molecule has 0 spiro atoms. The van der Waals surface area contributed by atoms with Gasteiger partial charge in [-0.3, -0.25) is 9.48 Å². The van der Waals surface area contributed by atoms with Crippen LogP contribution in [0.15, 0.2) is 18.2 Å². The van der Waals surface area contributed by atoms with E-state index >= 15 is 0 Å². The quantitative estimate of drug-likeness (QED) is 0.892. The molecule has 1 aromatic carbocycles. The summed E-state index contributed by atoms with van der Waals surface area (Å²) >= 11 is 6.01. The van der Waals surface area contributed by atoms with Gasteiger partial charge in [-0.05, 0) is 6.07 Å². The van der Waals surface area contributed by atoms with Crippen molar-refractivity contribution < 1.29 is 9.90 Å². The van der Waals surface area contributed by atoms with Crippen LogP contribution in [0.4, 0.5) is 0 Å². The molecular weight excluding hydrogens is 228 g/mol. The predicted molar refractivity (Wildman–Crippen MR) is 61.7 cm³/mol. The van der Waals surface area contributed by atoms with E-state index in [1.807, 2.05) is 12.1 Å². The third-order valence-electron chi connectivity index (χ3n) is 2.51. The van der Waals surface area contributed by atoms with Gasteiger partial charge in [0.25, 0.3) is 0 Å². The normalized spacial score (nSPS) is 10.9. The molecule has 0 saturated heterocycles. The van der Waals surface area contributed by atoms with Crippen molar-refractivity contribution >= 4 is 28.5 Å². The number of carbonyl (C=O) groups is 1. The summed E-state index contributed by atoms with van der Waals surface area (Å²) < 4.78 is 1.69. The van der Waals surface area contributed by atoms with E-state index in [4.69, 9.17) is 16.7 Å². The molecular formula is C11H11ClN2O2. The number of halogens is 1. The Labute approximate surface area is 97.4 Å². The maximum Gasteiger partial charge on any atom is 0.303 e. The molecule has 0 aliphatic carbocycles. The van der Waals surface area contributed by atoms with E-state index in [1.165, 1.54) is 0 Å². The number of rotatable bonds is 3. The molecule has 0 fully saturated rings. The number of carboxylic acid groups (broad SMARTS) is 1. The minimum atomic E-state index is -0.809. The zero-order valence-corrected chi connectivity index (χ0v) is 9.53. The lowest BCUT2D eigenvalue weighted by Crippen LogP contribution is -2.03. The molecule has 4 nitrogen and oxygen atoms in total. The Morgan fingerprint density at radius 3 is 3.00 bits per heavy atom. The fraction of sp³-hybridized carbons (Fsp3) is 0.273. The minimum absolute atomic E-state index is 0.0984. The van der Waals surface area contributed by atoms with E-state index in [2.05, 4.69) is 5.10 Å². The zero-order valence-electron chi connectivity index (χ0n) is 8.77. The molecule has 0 saturated carbocycles. The Morgan fingerprint density at radius 1 is 1.56 bits per heavy atom. The first-order valence-electron chi connectivity index (χ1n) is 4.91. The lowest BCUT2D eigenvalue weighted by Gasteiger charge is -1.99. The molecule has 1 aromatic heterocycles. The summed E-state index contributed by atoms with van der Waals surface area (Å²) in [4.78, 5) is 10.6. The van der Waals surface area contributed by atoms with Gasteiger partial charge in [-0.25, -0.2) is 0 Å². The van der Waals surface area contributed by atoms with Crippen molar-refractivity contribution in [2.45, 2.75) is 12.8 Å². The number of benzene rings is 1. The lowest BCUT2D eigenvalue weighted by molar-refractivity contribution is -0.136. The number of fused-ring (bicyclic) bond motifs is 1. The molecule has 0 radical (unpaired) electrons. The number of aromatic nitrogens is 2. The fourth-order valence-electron chi connectivity index (χ4n) is 1.76. The highest BCUT2D eigenvalue weighted by molar-refractivity contribution is 6.35. The lowest BCUT2D eigenvalue weighted by atomic mass is 10.1. The second-order valence-electron chi connectivity index (χ2n) is 3.60. The van der Waals surface area contributed by atoms with Gasteiger partial charge < -0.3 is 5.11 Å². The molecule has 84 valence electrons. The Morgan fingerprint density at radius 2 is 2.31 bits per heavy atom. The van der Waals surface area contributed by atoms with E-state index in [-0.39, 0.29) is 6.42 Å². The van der Waals surface area contributed by atoms with Gasteiger partial charge in [0, 0.05) is 24.5 Å². The van der Waals surface area contributed by atoms with Crippen LogP contribution in [0, 0.1) is 0 Å². The highest BCUT2D eigenvalue weighted by Crippen LogP contribution is 2.25. The maximum absolute atomic E-state index is 10.6. The summed E-state index contributed by atoms with van der Waals surface area (Å²) in [5, 5.41) is 14.5. The van der Waals surface area contributed by atoms with Gasteiger partial charge in [0.2, 0.25) is 0 Å². The van der Waals surface area contributed by atoms with Crippen LogP contribution in [0.2, 0.25) is 5.02 Å². The van der Waals surface area contributed by atoms with Gasteiger partial charge in [0.05, 0.1) is 11.4 Å². The van der Waals surface area contributed by atoms with Crippen LogP contribution in [0.25, 0.3) is 10.9 Å². The highest BCUT2D eigenvalue weighted by atomic mass is 35.5. The summed E-state index contributed by atoms with van der Waals surface area (Å²) in [7, 11) is 1.80. The smallest absolute Gasteiger partial charge is 0.303 e. The van der Waals surface area contributed by atoms with Crippen molar-refractivity contribution in [2.75, 3.05) is 0 Å². The van der Waals surface area contributed by atoms with Crippen LogP contribution in [0.5, 0.6) is 0 Å².